The quantitative estimate of drug-likeness (QED) is 0.795. The van der Waals surface area contributed by atoms with Crippen LogP contribution in [0.2, 0.25) is 10.0 Å². The Morgan fingerprint density at radius 3 is 2.08 bits per heavy atom. The van der Waals surface area contributed by atoms with Gasteiger partial charge in [0.2, 0.25) is 11.8 Å². The summed E-state index contributed by atoms with van der Waals surface area (Å²) in [6.45, 7) is 0. The van der Waals surface area contributed by atoms with Crippen LogP contribution < -0.4 is 5.32 Å². The van der Waals surface area contributed by atoms with Gasteiger partial charge in [-0.15, -0.1) is 0 Å². The first-order valence-corrected chi connectivity index (χ1v) is 9.02. The Labute approximate surface area is 161 Å². The first-order valence-electron chi connectivity index (χ1n) is 8.26. The summed E-state index contributed by atoms with van der Waals surface area (Å²) >= 11 is 12.0. The third-order valence-corrected chi connectivity index (χ3v) is 5.59. The molecule has 132 valence electrons. The second kappa shape index (κ2) is 6.45. The molecule has 1 N–H and O–H groups in total. The molecule has 2 amide bonds. The standard InChI is InChI=1S/C20H16Cl2N2O2/c1-24-19(25)16-15(11-2-6-13(21)7-3-11)10-23-18(17(16)20(24)26)12-4-8-14(22)9-5-12/h2-10,16-18,23H,1H3/t16-,17-,18-/m1/s1. The van der Waals surface area contributed by atoms with Crippen molar-refractivity contribution in [2.45, 2.75) is 6.04 Å². The summed E-state index contributed by atoms with van der Waals surface area (Å²) in [5.74, 6) is -1.37. The number of halogens is 2. The summed E-state index contributed by atoms with van der Waals surface area (Å²) in [5.41, 5.74) is 2.61. The maximum Gasteiger partial charge on any atom is 0.237 e. The van der Waals surface area contributed by atoms with Crippen molar-refractivity contribution in [2.75, 3.05) is 7.05 Å². The van der Waals surface area contributed by atoms with Crippen LogP contribution in [0.25, 0.3) is 5.57 Å². The number of amides is 2. The monoisotopic (exact) mass is 386 g/mol. The zero-order valence-corrected chi connectivity index (χ0v) is 15.5. The molecule has 4 nitrogen and oxygen atoms in total. The average Bonchev–Trinajstić information content (AvgIpc) is 2.88. The van der Waals surface area contributed by atoms with Gasteiger partial charge in [0, 0.05) is 23.3 Å². The Morgan fingerprint density at radius 2 is 1.46 bits per heavy atom. The summed E-state index contributed by atoms with van der Waals surface area (Å²) in [7, 11) is 1.54. The molecular weight excluding hydrogens is 371 g/mol. The van der Waals surface area contributed by atoms with E-state index in [2.05, 4.69) is 5.32 Å². The molecular formula is C20H16Cl2N2O2. The van der Waals surface area contributed by atoms with E-state index in [9.17, 15) is 9.59 Å². The van der Waals surface area contributed by atoms with E-state index in [0.29, 0.717) is 10.0 Å². The number of nitrogens with one attached hydrogen (secondary N) is 1. The third kappa shape index (κ3) is 2.70. The fourth-order valence-electron chi connectivity index (χ4n) is 3.75. The molecule has 2 aliphatic rings. The predicted octanol–water partition coefficient (Wildman–Crippen LogP) is 3.91. The fraction of sp³-hybridized carbons (Fsp3) is 0.200. The number of hydrogen-bond donors (Lipinski definition) is 1. The van der Waals surface area contributed by atoms with Gasteiger partial charge in [0.25, 0.3) is 0 Å². The number of carbonyl (C=O) groups excluding carboxylic acids is 2. The minimum Gasteiger partial charge on any atom is -0.383 e. The van der Waals surface area contributed by atoms with Gasteiger partial charge in [-0.1, -0.05) is 47.5 Å². The molecule has 2 aromatic carbocycles. The van der Waals surface area contributed by atoms with Crippen LogP contribution in [0.15, 0.2) is 54.7 Å². The first-order chi connectivity index (χ1) is 12.5. The maximum atomic E-state index is 12.8. The highest BCUT2D eigenvalue weighted by atomic mass is 35.5. The van der Waals surface area contributed by atoms with Crippen LogP contribution in [0.1, 0.15) is 17.2 Å². The van der Waals surface area contributed by atoms with Gasteiger partial charge in [-0.05, 0) is 41.0 Å². The second-order valence-corrected chi connectivity index (χ2v) is 7.41. The molecule has 0 unspecified atom stereocenters. The Balaban J connectivity index is 1.80. The fourth-order valence-corrected chi connectivity index (χ4v) is 4.00. The van der Waals surface area contributed by atoms with E-state index in [0.717, 1.165) is 16.7 Å². The summed E-state index contributed by atoms with van der Waals surface area (Å²) < 4.78 is 0. The topological polar surface area (TPSA) is 49.4 Å². The minimum atomic E-state index is -0.518. The van der Waals surface area contributed by atoms with Crippen molar-refractivity contribution in [3.8, 4) is 0 Å². The molecule has 6 heteroatoms. The highest BCUT2D eigenvalue weighted by molar-refractivity contribution is 6.30. The summed E-state index contributed by atoms with van der Waals surface area (Å²) in [6, 6.07) is 14.4. The van der Waals surface area contributed by atoms with Gasteiger partial charge in [-0.3, -0.25) is 14.5 Å². The lowest BCUT2D eigenvalue weighted by molar-refractivity contribution is -0.138. The van der Waals surface area contributed by atoms with Crippen LogP contribution >= 0.6 is 23.2 Å². The molecule has 0 spiro atoms. The van der Waals surface area contributed by atoms with Gasteiger partial charge in [0.15, 0.2) is 0 Å². The molecule has 0 aliphatic carbocycles. The van der Waals surface area contributed by atoms with Crippen molar-refractivity contribution in [3.63, 3.8) is 0 Å². The van der Waals surface area contributed by atoms with Gasteiger partial charge >= 0.3 is 0 Å². The molecule has 1 fully saturated rings. The van der Waals surface area contributed by atoms with E-state index in [-0.39, 0.29) is 17.9 Å². The number of imide groups is 1. The lowest BCUT2D eigenvalue weighted by Crippen LogP contribution is -2.37. The molecule has 1 saturated heterocycles. The highest BCUT2D eigenvalue weighted by Crippen LogP contribution is 2.45. The molecule has 2 aliphatic heterocycles. The van der Waals surface area contributed by atoms with Crippen molar-refractivity contribution in [3.05, 3.63) is 75.9 Å². The van der Waals surface area contributed by atoms with Crippen LogP contribution in [0.3, 0.4) is 0 Å². The smallest absolute Gasteiger partial charge is 0.237 e. The Kier molecular flexibility index (Phi) is 4.25. The minimum absolute atomic E-state index is 0.174. The molecule has 2 heterocycles. The molecule has 0 radical (unpaired) electrons. The highest BCUT2D eigenvalue weighted by Gasteiger charge is 2.53. The number of fused-ring (bicyclic) bond motifs is 1. The second-order valence-electron chi connectivity index (χ2n) is 6.54. The Hall–Kier alpha value is -2.30. The Morgan fingerprint density at radius 1 is 0.885 bits per heavy atom. The van der Waals surface area contributed by atoms with Crippen LogP contribution in [-0.2, 0) is 9.59 Å². The number of nitrogens with zero attached hydrogens (tertiary/aromatic N) is 1. The number of benzene rings is 2. The van der Waals surface area contributed by atoms with Crippen molar-refractivity contribution < 1.29 is 9.59 Å². The van der Waals surface area contributed by atoms with Gasteiger partial charge in [-0.2, -0.15) is 0 Å². The van der Waals surface area contributed by atoms with E-state index >= 15 is 0 Å². The average molecular weight is 387 g/mol. The van der Waals surface area contributed by atoms with Gasteiger partial charge in [-0.25, -0.2) is 0 Å². The number of hydrogen-bond acceptors (Lipinski definition) is 3. The molecule has 4 rings (SSSR count). The summed E-state index contributed by atoms with van der Waals surface area (Å²) in [5, 5.41) is 4.58. The third-order valence-electron chi connectivity index (χ3n) is 5.09. The van der Waals surface area contributed by atoms with Crippen molar-refractivity contribution in [2.24, 2.45) is 11.8 Å². The van der Waals surface area contributed by atoms with Gasteiger partial charge in [0.1, 0.15) is 0 Å². The zero-order chi connectivity index (χ0) is 18.4. The van der Waals surface area contributed by atoms with E-state index in [1.807, 2.05) is 30.5 Å². The summed E-state index contributed by atoms with van der Waals surface area (Å²) in [4.78, 5) is 26.9. The molecule has 0 saturated carbocycles. The largest absolute Gasteiger partial charge is 0.383 e. The SMILES string of the molecule is CN1C(=O)[C@@H]2C(c3ccc(Cl)cc3)=CN[C@H](c3ccc(Cl)cc3)[C@@H]2C1=O. The Bertz CT molecular complexity index is 906. The molecule has 0 aromatic heterocycles. The van der Waals surface area contributed by atoms with E-state index in [4.69, 9.17) is 23.2 Å². The van der Waals surface area contributed by atoms with Gasteiger partial charge in [0.05, 0.1) is 17.9 Å². The number of carbonyl (C=O) groups is 2. The lowest BCUT2D eigenvalue weighted by atomic mass is 9.76. The lowest BCUT2D eigenvalue weighted by Gasteiger charge is -2.32. The van der Waals surface area contributed by atoms with Gasteiger partial charge < -0.3 is 5.32 Å². The van der Waals surface area contributed by atoms with Crippen LogP contribution in [0.4, 0.5) is 0 Å². The normalized spacial score (nSPS) is 25.0. The van der Waals surface area contributed by atoms with E-state index in [1.54, 1.807) is 31.3 Å². The van der Waals surface area contributed by atoms with Crippen LogP contribution in [0.5, 0.6) is 0 Å². The van der Waals surface area contributed by atoms with Crippen molar-refractivity contribution in [1.29, 1.82) is 0 Å². The predicted molar refractivity (Wildman–Crippen MR) is 102 cm³/mol. The van der Waals surface area contributed by atoms with Crippen LogP contribution in [0, 0.1) is 11.8 Å². The van der Waals surface area contributed by atoms with E-state index < -0.39 is 11.8 Å². The van der Waals surface area contributed by atoms with Crippen molar-refractivity contribution in [1.82, 2.24) is 10.2 Å². The zero-order valence-electron chi connectivity index (χ0n) is 13.9. The molecule has 3 atom stereocenters. The molecule has 0 bridgehead atoms. The number of likely N-dealkylation sites (tertiary alicyclic amines) is 1. The van der Waals surface area contributed by atoms with E-state index in [1.165, 1.54) is 4.90 Å². The summed E-state index contributed by atoms with van der Waals surface area (Å²) in [6.07, 6.45) is 1.84. The molecule has 26 heavy (non-hydrogen) atoms. The number of rotatable bonds is 2. The van der Waals surface area contributed by atoms with Crippen LogP contribution in [-0.4, -0.2) is 23.8 Å². The molecule has 2 aromatic rings. The first kappa shape index (κ1) is 17.1. The van der Waals surface area contributed by atoms with Crippen molar-refractivity contribution >= 4 is 40.6 Å². The maximum absolute atomic E-state index is 12.8.